The third kappa shape index (κ3) is 1.69. The number of thiazole rings is 1. The Kier molecular flexibility index (Phi) is 2.60. The summed E-state index contributed by atoms with van der Waals surface area (Å²) in [5, 5.41) is 2.52. The molecule has 0 aliphatic carbocycles. The minimum Gasteiger partial charge on any atom is -0.500 e. The topological polar surface area (TPSA) is 65.2 Å². The van der Waals surface area contributed by atoms with E-state index in [1.807, 2.05) is 0 Å². The maximum absolute atomic E-state index is 11.7. The Morgan fingerprint density at radius 2 is 2.57 bits per heavy atom. The van der Waals surface area contributed by atoms with Crippen molar-refractivity contribution in [3.63, 3.8) is 0 Å². The molecule has 4 nitrogen and oxygen atoms in total. The maximum atomic E-state index is 11.7. The Morgan fingerprint density at radius 1 is 1.71 bits per heavy atom. The van der Waals surface area contributed by atoms with Gasteiger partial charge in [-0.2, -0.15) is 0 Å². The lowest BCUT2D eigenvalue weighted by Gasteiger charge is -1.93. The lowest BCUT2D eigenvalue weighted by atomic mass is 10.1. The highest BCUT2D eigenvalue weighted by Crippen LogP contribution is 2.18. The molecule has 2 N–H and O–H groups in total. The van der Waals surface area contributed by atoms with Gasteiger partial charge in [0, 0.05) is 23.9 Å². The molecule has 2 heterocycles. The number of aromatic nitrogens is 1. The van der Waals surface area contributed by atoms with Crippen molar-refractivity contribution in [2.75, 3.05) is 6.61 Å². The van der Waals surface area contributed by atoms with Crippen LogP contribution in [0.25, 0.3) is 0 Å². The summed E-state index contributed by atoms with van der Waals surface area (Å²) in [6.07, 6.45) is 2.19. The molecule has 1 aromatic rings. The number of carbonyl (C=O) groups is 1. The molecule has 1 aromatic heterocycles. The molecule has 0 spiro atoms. The van der Waals surface area contributed by atoms with Gasteiger partial charge in [-0.05, 0) is 0 Å². The minimum absolute atomic E-state index is 0.0431. The van der Waals surface area contributed by atoms with Crippen LogP contribution in [0.1, 0.15) is 21.9 Å². The van der Waals surface area contributed by atoms with Crippen molar-refractivity contribution in [1.82, 2.24) is 4.98 Å². The fourth-order valence-corrected chi connectivity index (χ4v) is 1.88. The van der Waals surface area contributed by atoms with Gasteiger partial charge in [0.25, 0.3) is 0 Å². The van der Waals surface area contributed by atoms with E-state index in [-0.39, 0.29) is 5.78 Å². The second-order valence-corrected chi connectivity index (χ2v) is 3.87. The van der Waals surface area contributed by atoms with Crippen molar-refractivity contribution in [2.45, 2.75) is 13.0 Å². The average molecular weight is 210 g/mol. The van der Waals surface area contributed by atoms with Gasteiger partial charge in [-0.15, -0.1) is 11.3 Å². The van der Waals surface area contributed by atoms with Crippen LogP contribution in [0.2, 0.25) is 0 Å². The predicted molar refractivity (Wildman–Crippen MR) is 53.0 cm³/mol. The van der Waals surface area contributed by atoms with Crippen molar-refractivity contribution in [3.8, 4) is 0 Å². The van der Waals surface area contributed by atoms with Crippen LogP contribution < -0.4 is 5.73 Å². The number of ketones is 1. The van der Waals surface area contributed by atoms with E-state index in [1.165, 1.54) is 17.6 Å². The second kappa shape index (κ2) is 3.89. The Bertz CT molecular complexity index is 384. The first-order valence-corrected chi connectivity index (χ1v) is 5.19. The molecule has 0 fully saturated rings. The van der Waals surface area contributed by atoms with Gasteiger partial charge in [-0.25, -0.2) is 4.98 Å². The summed E-state index contributed by atoms with van der Waals surface area (Å²) in [5.41, 5.74) is 6.59. The summed E-state index contributed by atoms with van der Waals surface area (Å²) in [7, 11) is 0. The molecule has 0 radical (unpaired) electrons. The summed E-state index contributed by atoms with van der Waals surface area (Å²) in [5.74, 6) is -0.0431. The fraction of sp³-hybridized carbons (Fsp3) is 0.333. The van der Waals surface area contributed by atoms with Gasteiger partial charge >= 0.3 is 0 Å². The van der Waals surface area contributed by atoms with E-state index in [0.29, 0.717) is 30.8 Å². The number of nitrogens with two attached hydrogens (primary N) is 1. The molecule has 0 unspecified atom stereocenters. The molecule has 74 valence electrons. The van der Waals surface area contributed by atoms with Gasteiger partial charge in [0.05, 0.1) is 12.9 Å². The molecule has 14 heavy (non-hydrogen) atoms. The van der Waals surface area contributed by atoms with Crippen LogP contribution in [0, 0.1) is 0 Å². The van der Waals surface area contributed by atoms with Gasteiger partial charge in [-0.3, -0.25) is 4.79 Å². The Labute approximate surface area is 85.4 Å². The zero-order chi connectivity index (χ0) is 9.97. The minimum atomic E-state index is -0.0431. The molecule has 0 aromatic carbocycles. The van der Waals surface area contributed by atoms with E-state index in [4.69, 9.17) is 10.5 Å². The van der Waals surface area contributed by atoms with Crippen LogP contribution in [-0.4, -0.2) is 17.4 Å². The number of rotatable bonds is 3. The molecular formula is C9H10N2O2S. The lowest BCUT2D eigenvalue weighted by Crippen LogP contribution is -2.03. The normalized spacial score (nSPS) is 15.1. The number of carbonyl (C=O) groups excluding carboxylic acids is 1. The Hall–Kier alpha value is -1.20. The molecule has 1 aliphatic rings. The van der Waals surface area contributed by atoms with E-state index in [9.17, 15) is 4.79 Å². The number of hydrogen-bond acceptors (Lipinski definition) is 5. The summed E-state index contributed by atoms with van der Waals surface area (Å²) in [6.45, 7) is 0.975. The third-order valence-corrected chi connectivity index (χ3v) is 2.84. The zero-order valence-electron chi connectivity index (χ0n) is 7.53. The summed E-state index contributed by atoms with van der Waals surface area (Å²) >= 11 is 1.41. The Balaban J connectivity index is 2.18. The summed E-state index contributed by atoms with van der Waals surface area (Å²) < 4.78 is 5.00. The largest absolute Gasteiger partial charge is 0.500 e. The standard InChI is InChI=1S/C9H10N2O2S/c10-3-8-11-7(5-14-8)9(12)6-1-2-13-4-6/h4-5H,1-3,10H2. The van der Waals surface area contributed by atoms with E-state index >= 15 is 0 Å². The molecule has 1 aliphatic heterocycles. The average Bonchev–Trinajstić information content (AvgIpc) is 2.88. The maximum Gasteiger partial charge on any atom is 0.211 e. The number of hydrogen-bond donors (Lipinski definition) is 1. The van der Waals surface area contributed by atoms with Crippen molar-refractivity contribution in [2.24, 2.45) is 5.73 Å². The number of ether oxygens (including phenoxy) is 1. The van der Waals surface area contributed by atoms with Crippen molar-refractivity contribution in [3.05, 3.63) is 27.9 Å². The number of Topliss-reactive ketones (excluding diaryl/α,β-unsaturated/α-hetero) is 1. The monoisotopic (exact) mass is 210 g/mol. The predicted octanol–water partition coefficient (Wildman–Crippen LogP) is 1.09. The van der Waals surface area contributed by atoms with Crippen molar-refractivity contribution in [1.29, 1.82) is 0 Å². The first-order chi connectivity index (χ1) is 6.81. The summed E-state index contributed by atoms with van der Waals surface area (Å²) in [4.78, 5) is 15.9. The molecule has 2 rings (SSSR count). The highest BCUT2D eigenvalue weighted by Gasteiger charge is 2.18. The highest BCUT2D eigenvalue weighted by molar-refractivity contribution is 7.09. The molecule has 0 saturated carbocycles. The quantitative estimate of drug-likeness (QED) is 0.758. The van der Waals surface area contributed by atoms with Gasteiger partial charge in [0.1, 0.15) is 10.7 Å². The molecule has 5 heteroatoms. The van der Waals surface area contributed by atoms with Crippen LogP contribution in [0.15, 0.2) is 17.2 Å². The zero-order valence-corrected chi connectivity index (χ0v) is 8.34. The lowest BCUT2D eigenvalue weighted by molar-refractivity contribution is 0.102. The molecule has 0 atom stereocenters. The third-order valence-electron chi connectivity index (χ3n) is 1.97. The molecule has 0 amide bonds. The van der Waals surface area contributed by atoms with Gasteiger partial charge in [0.2, 0.25) is 5.78 Å². The van der Waals surface area contributed by atoms with E-state index in [2.05, 4.69) is 4.98 Å². The van der Waals surface area contributed by atoms with E-state index < -0.39 is 0 Å². The first-order valence-electron chi connectivity index (χ1n) is 4.31. The number of nitrogens with zero attached hydrogens (tertiary/aromatic N) is 1. The van der Waals surface area contributed by atoms with Crippen LogP contribution in [-0.2, 0) is 11.3 Å². The second-order valence-electron chi connectivity index (χ2n) is 2.92. The molecule has 0 bridgehead atoms. The van der Waals surface area contributed by atoms with E-state index in [0.717, 1.165) is 5.01 Å². The van der Waals surface area contributed by atoms with Crippen molar-refractivity contribution >= 4 is 17.1 Å². The fourth-order valence-electron chi connectivity index (χ4n) is 1.23. The van der Waals surface area contributed by atoms with Gasteiger partial charge < -0.3 is 10.5 Å². The Morgan fingerprint density at radius 3 is 3.14 bits per heavy atom. The van der Waals surface area contributed by atoms with Crippen molar-refractivity contribution < 1.29 is 9.53 Å². The van der Waals surface area contributed by atoms with E-state index in [1.54, 1.807) is 5.38 Å². The first kappa shape index (κ1) is 9.36. The van der Waals surface area contributed by atoms with Gasteiger partial charge in [-0.1, -0.05) is 0 Å². The SMILES string of the molecule is NCc1nc(C(=O)C2=COCC2)cs1. The summed E-state index contributed by atoms with van der Waals surface area (Å²) in [6, 6.07) is 0. The van der Waals surface area contributed by atoms with Crippen LogP contribution in [0.5, 0.6) is 0 Å². The van der Waals surface area contributed by atoms with Crippen LogP contribution in [0.3, 0.4) is 0 Å². The van der Waals surface area contributed by atoms with Crippen LogP contribution in [0.4, 0.5) is 0 Å². The smallest absolute Gasteiger partial charge is 0.211 e. The molecule has 0 saturated heterocycles. The molecular weight excluding hydrogens is 200 g/mol. The highest BCUT2D eigenvalue weighted by atomic mass is 32.1. The van der Waals surface area contributed by atoms with Gasteiger partial charge in [0.15, 0.2) is 0 Å². The van der Waals surface area contributed by atoms with Crippen LogP contribution >= 0.6 is 11.3 Å².